The van der Waals surface area contributed by atoms with Crippen LogP contribution in [-0.2, 0) is 0 Å². The van der Waals surface area contributed by atoms with Crippen molar-refractivity contribution in [3.63, 3.8) is 0 Å². The predicted molar refractivity (Wildman–Crippen MR) is 264 cm³/mol. The number of hydrogen-bond acceptors (Lipinski definition) is 2. The van der Waals surface area contributed by atoms with E-state index >= 15 is 0 Å². The van der Waals surface area contributed by atoms with E-state index in [1.165, 1.54) is 64.6 Å². The molecule has 286 valence electrons. The van der Waals surface area contributed by atoms with Gasteiger partial charge in [0.25, 0.3) is 0 Å². The van der Waals surface area contributed by atoms with E-state index in [0.717, 1.165) is 66.6 Å². The van der Waals surface area contributed by atoms with Gasteiger partial charge in [-0.1, -0.05) is 170 Å². The van der Waals surface area contributed by atoms with E-state index in [1.54, 1.807) is 0 Å². The molecule has 0 aliphatic rings. The highest BCUT2D eigenvalue weighted by Gasteiger charge is 2.22. The number of fused-ring (bicyclic) bond motifs is 11. The Morgan fingerprint density at radius 3 is 1.06 bits per heavy atom. The Labute approximate surface area is 358 Å². The first-order chi connectivity index (χ1) is 30.7. The number of nitrogens with zero attached hydrogens (tertiary/aromatic N) is 2. The first-order valence-electron chi connectivity index (χ1n) is 21.3. The molecule has 2 aromatic heterocycles. The molecule has 0 aliphatic carbocycles. The Kier molecular flexibility index (Phi) is 7.64. The third-order valence-corrected chi connectivity index (χ3v) is 13.0. The maximum absolute atomic E-state index is 5.68. The minimum Gasteiger partial charge on any atom is -0.245 e. The Balaban J connectivity index is 1.10. The summed E-state index contributed by atoms with van der Waals surface area (Å²) in [5.74, 6) is 0. The van der Waals surface area contributed by atoms with Crippen LogP contribution < -0.4 is 0 Å². The molecule has 13 aromatic rings. The molecule has 0 radical (unpaired) electrons. The molecule has 2 heterocycles. The Morgan fingerprint density at radius 1 is 0.226 bits per heavy atom. The van der Waals surface area contributed by atoms with Crippen molar-refractivity contribution in [1.29, 1.82) is 0 Å². The molecule has 2 heteroatoms. The summed E-state index contributed by atoms with van der Waals surface area (Å²) in [6.07, 6.45) is 0. The SMILES string of the molecule is c1ccc(-c2c(-c3ccccc3)c3ccc(-c4cccc5cc6c(ccc7ccccc76)cc45)nc3c3nc(-c4cccc5cc6c(ccc7ccccc76)cc45)ccc23)cc1. The second-order valence-electron chi connectivity index (χ2n) is 16.4. The van der Waals surface area contributed by atoms with Crippen LogP contribution in [0.3, 0.4) is 0 Å². The fraction of sp³-hybridized carbons (Fsp3) is 0. The molecule has 2 nitrogen and oxygen atoms in total. The van der Waals surface area contributed by atoms with Crippen molar-refractivity contribution < 1.29 is 0 Å². The molecule has 11 aromatic carbocycles. The number of hydrogen-bond donors (Lipinski definition) is 0. The molecule has 0 fully saturated rings. The molecule has 0 aliphatic heterocycles. The first-order valence-corrected chi connectivity index (χ1v) is 21.3. The molecule has 0 unspecified atom stereocenters. The lowest BCUT2D eigenvalue weighted by atomic mass is 9.87. The van der Waals surface area contributed by atoms with Gasteiger partial charge in [-0.15, -0.1) is 0 Å². The van der Waals surface area contributed by atoms with Crippen LogP contribution in [-0.4, -0.2) is 9.97 Å². The second-order valence-corrected chi connectivity index (χ2v) is 16.4. The molecule has 13 rings (SSSR count). The first kappa shape index (κ1) is 34.6. The van der Waals surface area contributed by atoms with Crippen LogP contribution >= 0.6 is 0 Å². The zero-order chi connectivity index (χ0) is 40.7. The van der Waals surface area contributed by atoms with E-state index in [9.17, 15) is 0 Å². The monoisotopic (exact) mass is 784 g/mol. The van der Waals surface area contributed by atoms with Gasteiger partial charge in [-0.3, -0.25) is 0 Å². The van der Waals surface area contributed by atoms with Gasteiger partial charge in [-0.05, 0) is 135 Å². The fourth-order valence-corrected chi connectivity index (χ4v) is 10.1. The second kappa shape index (κ2) is 13.7. The summed E-state index contributed by atoms with van der Waals surface area (Å²) in [5, 5.41) is 16.9. The van der Waals surface area contributed by atoms with Gasteiger partial charge < -0.3 is 0 Å². The lowest BCUT2D eigenvalue weighted by Gasteiger charge is -2.19. The van der Waals surface area contributed by atoms with E-state index in [4.69, 9.17) is 9.97 Å². The molecule has 0 bridgehead atoms. The summed E-state index contributed by atoms with van der Waals surface area (Å²) in [5.41, 5.74) is 10.4. The van der Waals surface area contributed by atoms with Gasteiger partial charge in [-0.25, -0.2) is 9.97 Å². The van der Waals surface area contributed by atoms with E-state index < -0.39 is 0 Å². The van der Waals surface area contributed by atoms with Crippen LogP contribution in [0.25, 0.3) is 131 Å². The van der Waals surface area contributed by atoms with Crippen molar-refractivity contribution in [1.82, 2.24) is 9.97 Å². The minimum atomic E-state index is 0.888. The van der Waals surface area contributed by atoms with Gasteiger partial charge in [0.05, 0.1) is 22.4 Å². The molecular formula is C60H36N2. The Bertz CT molecular complexity index is 3700. The number of rotatable bonds is 4. The molecular weight excluding hydrogens is 749 g/mol. The van der Waals surface area contributed by atoms with Gasteiger partial charge in [0.1, 0.15) is 0 Å². The largest absolute Gasteiger partial charge is 0.245 e. The highest BCUT2D eigenvalue weighted by atomic mass is 14.8. The fourth-order valence-electron chi connectivity index (χ4n) is 10.1. The third kappa shape index (κ3) is 5.37. The van der Waals surface area contributed by atoms with Crippen LogP contribution in [0, 0.1) is 0 Å². The summed E-state index contributed by atoms with van der Waals surface area (Å²) in [7, 11) is 0. The van der Waals surface area contributed by atoms with Gasteiger partial charge in [-0.2, -0.15) is 0 Å². The Morgan fingerprint density at radius 2 is 0.597 bits per heavy atom. The lowest BCUT2D eigenvalue weighted by Crippen LogP contribution is -1.97. The van der Waals surface area contributed by atoms with Gasteiger partial charge in [0.15, 0.2) is 0 Å². The molecule has 0 spiro atoms. The summed E-state index contributed by atoms with van der Waals surface area (Å²) in [6.45, 7) is 0. The molecule has 0 atom stereocenters. The summed E-state index contributed by atoms with van der Waals surface area (Å²) in [6, 6.07) is 79.3. The van der Waals surface area contributed by atoms with Crippen LogP contribution in [0.2, 0.25) is 0 Å². The summed E-state index contributed by atoms with van der Waals surface area (Å²) in [4.78, 5) is 11.4. The molecule has 0 N–H and O–H groups in total. The van der Waals surface area contributed by atoms with Gasteiger partial charge >= 0.3 is 0 Å². The Hall–Kier alpha value is -8.20. The zero-order valence-electron chi connectivity index (χ0n) is 33.7. The van der Waals surface area contributed by atoms with Gasteiger partial charge in [0.2, 0.25) is 0 Å². The van der Waals surface area contributed by atoms with Crippen LogP contribution in [0.1, 0.15) is 0 Å². The van der Waals surface area contributed by atoms with Crippen molar-refractivity contribution >= 4 is 86.4 Å². The van der Waals surface area contributed by atoms with Crippen molar-refractivity contribution in [2.24, 2.45) is 0 Å². The van der Waals surface area contributed by atoms with E-state index in [-0.39, 0.29) is 0 Å². The van der Waals surface area contributed by atoms with Crippen LogP contribution in [0.15, 0.2) is 218 Å². The molecule has 0 saturated carbocycles. The van der Waals surface area contributed by atoms with E-state index in [0.29, 0.717) is 0 Å². The van der Waals surface area contributed by atoms with Crippen LogP contribution in [0.5, 0.6) is 0 Å². The normalized spacial score (nSPS) is 11.9. The maximum atomic E-state index is 5.68. The molecule has 0 amide bonds. The van der Waals surface area contributed by atoms with E-state index in [2.05, 4.69) is 218 Å². The number of pyridine rings is 2. The maximum Gasteiger partial charge on any atom is 0.0979 e. The van der Waals surface area contributed by atoms with Crippen molar-refractivity contribution in [3.05, 3.63) is 218 Å². The lowest BCUT2D eigenvalue weighted by molar-refractivity contribution is 1.37. The average molecular weight is 785 g/mol. The summed E-state index contributed by atoms with van der Waals surface area (Å²) < 4.78 is 0. The van der Waals surface area contributed by atoms with Crippen molar-refractivity contribution in [2.45, 2.75) is 0 Å². The van der Waals surface area contributed by atoms with Gasteiger partial charge in [0, 0.05) is 21.9 Å². The third-order valence-electron chi connectivity index (χ3n) is 13.0. The zero-order valence-corrected chi connectivity index (χ0v) is 33.7. The van der Waals surface area contributed by atoms with E-state index in [1.807, 2.05) is 0 Å². The standard InChI is InChI=1S/C60H36N2/c1-3-15-39(16-4-1)57-49-29-31-55(47-23-11-19-41-33-51-43(35-53(41)47)27-25-37-13-7-9-21-45(37)51)61-59(49)60-50(58(57)40-17-5-2-6-18-40)30-32-56(62-60)48-24-12-20-42-34-52-44(36-54(42)48)28-26-38-14-8-10-22-46(38)52/h1-36H. The van der Waals surface area contributed by atoms with Crippen molar-refractivity contribution in [3.8, 4) is 44.8 Å². The summed E-state index contributed by atoms with van der Waals surface area (Å²) >= 11 is 0. The molecule has 62 heavy (non-hydrogen) atoms. The highest BCUT2D eigenvalue weighted by molar-refractivity contribution is 6.21. The van der Waals surface area contributed by atoms with Crippen LogP contribution in [0.4, 0.5) is 0 Å². The highest BCUT2D eigenvalue weighted by Crippen LogP contribution is 2.46. The molecule has 0 saturated heterocycles. The number of benzene rings is 11. The van der Waals surface area contributed by atoms with Crippen molar-refractivity contribution in [2.75, 3.05) is 0 Å². The number of aromatic nitrogens is 2. The minimum absolute atomic E-state index is 0.888. The smallest absolute Gasteiger partial charge is 0.0979 e. The quantitative estimate of drug-likeness (QED) is 0.131. The topological polar surface area (TPSA) is 25.8 Å². The average Bonchev–Trinajstić information content (AvgIpc) is 3.34. The predicted octanol–water partition coefficient (Wildman–Crippen LogP) is 16.4.